The summed E-state index contributed by atoms with van der Waals surface area (Å²) in [5.41, 5.74) is 1.07. The van der Waals surface area contributed by atoms with Crippen molar-refractivity contribution in [2.45, 2.75) is 83.1 Å². The summed E-state index contributed by atoms with van der Waals surface area (Å²) in [6.07, 6.45) is 1.53. The van der Waals surface area contributed by atoms with Crippen LogP contribution in [0.1, 0.15) is 63.4 Å². The van der Waals surface area contributed by atoms with Gasteiger partial charge in [-0.2, -0.15) is 0 Å². The average Bonchev–Trinajstić information content (AvgIpc) is 3.61. The molecule has 2 heterocycles. The number of rotatable bonds is 17. The van der Waals surface area contributed by atoms with Crippen molar-refractivity contribution in [1.82, 2.24) is 25.8 Å². The Labute approximate surface area is 245 Å². The zero-order valence-corrected chi connectivity index (χ0v) is 24.4. The Hall–Kier alpha value is -3.68. The first-order valence-corrected chi connectivity index (χ1v) is 14.4. The molecule has 3 rings (SSSR count). The standard InChI is InChI=1S/C29H43N5O8/c1-17(2)31-15-19(35)16-42-25-11-6-9-21-20(25)14-23(33-21)26(36)30-12-5-4-8-22(28(38)39)32-18(3)27(37)34-13-7-10-24(34)29(40)41/h6,9,11,14,17-19,22,24,31-33,35H,4-5,7-8,10,12-13,15-16H2,1-3H3,(H,30,36)(H,38,39)(H,40,41)/t18-,19-,22+,24-/m0/s1. The molecule has 1 aromatic carbocycles. The number of unbranched alkanes of at least 4 members (excludes halogenated alkanes) is 1. The van der Waals surface area contributed by atoms with Gasteiger partial charge in [-0.25, -0.2) is 4.79 Å². The van der Waals surface area contributed by atoms with E-state index < -0.39 is 42.1 Å². The highest BCUT2D eigenvalue weighted by Gasteiger charge is 2.36. The number of aliphatic hydroxyl groups excluding tert-OH is 1. The molecule has 1 aliphatic heterocycles. The predicted octanol–water partition coefficient (Wildman–Crippen LogP) is 1.31. The van der Waals surface area contributed by atoms with Gasteiger partial charge >= 0.3 is 11.9 Å². The smallest absolute Gasteiger partial charge is 0.326 e. The molecule has 1 aliphatic rings. The van der Waals surface area contributed by atoms with Gasteiger partial charge in [0, 0.05) is 36.6 Å². The number of carboxylic acid groups (broad SMARTS) is 2. The van der Waals surface area contributed by atoms with E-state index in [1.165, 1.54) is 4.90 Å². The molecule has 232 valence electrons. The number of likely N-dealkylation sites (tertiary alicyclic amines) is 1. The number of ether oxygens (including phenoxy) is 1. The van der Waals surface area contributed by atoms with Gasteiger partial charge in [-0.3, -0.25) is 19.7 Å². The van der Waals surface area contributed by atoms with E-state index in [2.05, 4.69) is 20.9 Å². The van der Waals surface area contributed by atoms with E-state index in [1.54, 1.807) is 25.1 Å². The molecular weight excluding hydrogens is 546 g/mol. The Kier molecular flexibility index (Phi) is 12.1. The Morgan fingerprint density at radius 1 is 1.14 bits per heavy atom. The van der Waals surface area contributed by atoms with Gasteiger partial charge in [0.2, 0.25) is 5.91 Å². The lowest BCUT2D eigenvalue weighted by Crippen LogP contribution is -2.53. The maximum Gasteiger partial charge on any atom is 0.326 e. The normalized spacial score (nSPS) is 17.3. The summed E-state index contributed by atoms with van der Waals surface area (Å²) in [6.45, 7) is 6.69. The largest absolute Gasteiger partial charge is 0.490 e. The van der Waals surface area contributed by atoms with Gasteiger partial charge in [0.05, 0.1) is 6.04 Å². The lowest BCUT2D eigenvalue weighted by atomic mass is 10.1. The minimum atomic E-state index is -1.10. The molecule has 1 aromatic heterocycles. The zero-order valence-electron chi connectivity index (χ0n) is 24.4. The number of aliphatic carboxylic acids is 2. The number of carboxylic acids is 2. The Morgan fingerprint density at radius 2 is 1.90 bits per heavy atom. The SMILES string of the molecule is CC(C)NC[C@H](O)COc1cccc2[nH]c(C(=O)NCCCC[C@@H](N[C@@H](C)C(=O)N3CCC[C@H]3C(=O)O)C(=O)O)cc12. The number of carbonyl (C=O) groups is 4. The molecule has 0 spiro atoms. The predicted molar refractivity (Wildman–Crippen MR) is 156 cm³/mol. The lowest BCUT2D eigenvalue weighted by molar-refractivity contribution is -0.149. The van der Waals surface area contributed by atoms with Crippen LogP contribution in [-0.2, 0) is 14.4 Å². The van der Waals surface area contributed by atoms with E-state index in [4.69, 9.17) is 4.74 Å². The Balaban J connectivity index is 1.45. The van der Waals surface area contributed by atoms with Crippen LogP contribution in [0.2, 0.25) is 0 Å². The van der Waals surface area contributed by atoms with E-state index in [1.807, 2.05) is 19.9 Å². The van der Waals surface area contributed by atoms with Gasteiger partial charge in [-0.05, 0) is 57.2 Å². The molecule has 13 nitrogen and oxygen atoms in total. The maximum absolute atomic E-state index is 12.7. The van der Waals surface area contributed by atoms with Gasteiger partial charge in [-0.15, -0.1) is 0 Å². The summed E-state index contributed by atoms with van der Waals surface area (Å²) in [5.74, 6) is -2.35. The van der Waals surface area contributed by atoms with Crippen LogP contribution >= 0.6 is 0 Å². The van der Waals surface area contributed by atoms with Crippen LogP contribution in [0.4, 0.5) is 0 Å². The van der Waals surface area contributed by atoms with E-state index in [0.29, 0.717) is 62.1 Å². The number of hydrogen-bond acceptors (Lipinski definition) is 8. The fourth-order valence-electron chi connectivity index (χ4n) is 4.95. The van der Waals surface area contributed by atoms with Crippen LogP contribution in [0.5, 0.6) is 5.75 Å². The molecule has 0 bridgehead atoms. The summed E-state index contributed by atoms with van der Waals surface area (Å²) >= 11 is 0. The number of amides is 2. The lowest BCUT2D eigenvalue weighted by Gasteiger charge is -2.27. The van der Waals surface area contributed by atoms with Crippen molar-refractivity contribution in [2.75, 3.05) is 26.2 Å². The summed E-state index contributed by atoms with van der Waals surface area (Å²) in [6, 6.07) is 4.62. The number of fused-ring (bicyclic) bond motifs is 1. The van der Waals surface area contributed by atoms with Gasteiger partial charge in [0.25, 0.3) is 5.91 Å². The van der Waals surface area contributed by atoms with E-state index in [-0.39, 0.29) is 25.0 Å². The fraction of sp³-hybridized carbons (Fsp3) is 0.586. The first-order valence-electron chi connectivity index (χ1n) is 14.4. The molecule has 1 fully saturated rings. The van der Waals surface area contributed by atoms with Crippen molar-refractivity contribution in [3.63, 3.8) is 0 Å². The van der Waals surface area contributed by atoms with E-state index in [9.17, 15) is 34.5 Å². The third-order valence-electron chi connectivity index (χ3n) is 7.21. The summed E-state index contributed by atoms with van der Waals surface area (Å²) < 4.78 is 5.80. The van der Waals surface area contributed by atoms with Crippen molar-refractivity contribution in [2.24, 2.45) is 0 Å². The molecule has 2 amide bonds. The maximum atomic E-state index is 12.7. The number of carbonyl (C=O) groups excluding carboxylic acids is 2. The van der Waals surface area contributed by atoms with Gasteiger partial charge in [-0.1, -0.05) is 19.9 Å². The number of H-pyrrole nitrogens is 1. The van der Waals surface area contributed by atoms with Gasteiger partial charge in [0.1, 0.15) is 36.2 Å². The van der Waals surface area contributed by atoms with Crippen LogP contribution < -0.4 is 20.7 Å². The topological polar surface area (TPSA) is 193 Å². The highest BCUT2D eigenvalue weighted by atomic mass is 16.5. The number of aromatic amines is 1. The average molecular weight is 590 g/mol. The van der Waals surface area contributed by atoms with Crippen molar-refractivity contribution in [3.8, 4) is 5.75 Å². The van der Waals surface area contributed by atoms with Crippen LogP contribution in [0.15, 0.2) is 24.3 Å². The number of aromatic nitrogens is 1. The Bertz CT molecular complexity index is 1230. The number of aliphatic hydroxyl groups is 1. The quantitative estimate of drug-likeness (QED) is 0.132. The summed E-state index contributed by atoms with van der Waals surface area (Å²) in [5, 5.41) is 38.6. The second-order valence-electron chi connectivity index (χ2n) is 11.0. The molecule has 7 N–H and O–H groups in total. The van der Waals surface area contributed by atoms with Gasteiger partial charge in [0.15, 0.2) is 0 Å². The minimum Gasteiger partial charge on any atom is -0.490 e. The molecule has 42 heavy (non-hydrogen) atoms. The highest BCUT2D eigenvalue weighted by molar-refractivity contribution is 5.99. The summed E-state index contributed by atoms with van der Waals surface area (Å²) in [7, 11) is 0. The highest BCUT2D eigenvalue weighted by Crippen LogP contribution is 2.26. The molecule has 0 aliphatic carbocycles. The number of nitrogens with zero attached hydrogens (tertiary/aromatic N) is 1. The van der Waals surface area contributed by atoms with Crippen LogP contribution in [0.3, 0.4) is 0 Å². The van der Waals surface area contributed by atoms with Crippen LogP contribution in [0.25, 0.3) is 10.9 Å². The van der Waals surface area contributed by atoms with E-state index in [0.717, 1.165) is 5.52 Å². The molecule has 2 aromatic rings. The molecule has 13 heteroatoms. The van der Waals surface area contributed by atoms with Crippen LogP contribution in [-0.4, -0.2) is 105 Å². The number of benzene rings is 1. The third kappa shape index (κ3) is 9.16. The molecule has 0 radical (unpaired) electrons. The van der Waals surface area contributed by atoms with Crippen molar-refractivity contribution < 1.29 is 39.2 Å². The first kappa shape index (κ1) is 32.8. The third-order valence-corrected chi connectivity index (χ3v) is 7.21. The molecule has 1 saturated heterocycles. The van der Waals surface area contributed by atoms with E-state index >= 15 is 0 Å². The molecule has 0 unspecified atom stereocenters. The van der Waals surface area contributed by atoms with Gasteiger partial charge < -0.3 is 40.6 Å². The monoisotopic (exact) mass is 589 g/mol. The fourth-order valence-corrected chi connectivity index (χ4v) is 4.95. The second kappa shape index (κ2) is 15.5. The first-order chi connectivity index (χ1) is 20.0. The number of nitrogens with one attached hydrogen (secondary N) is 4. The van der Waals surface area contributed by atoms with Crippen molar-refractivity contribution in [3.05, 3.63) is 30.0 Å². The summed E-state index contributed by atoms with van der Waals surface area (Å²) in [4.78, 5) is 53.0. The van der Waals surface area contributed by atoms with Crippen molar-refractivity contribution in [1.29, 1.82) is 0 Å². The molecule has 0 saturated carbocycles. The van der Waals surface area contributed by atoms with Crippen molar-refractivity contribution >= 4 is 34.7 Å². The second-order valence-corrected chi connectivity index (χ2v) is 11.0. The number of hydrogen-bond donors (Lipinski definition) is 7. The molecule has 4 atom stereocenters. The minimum absolute atomic E-state index is 0.103. The Morgan fingerprint density at radius 3 is 2.60 bits per heavy atom. The van der Waals surface area contributed by atoms with Crippen LogP contribution in [0, 0.1) is 0 Å². The zero-order chi connectivity index (χ0) is 30.8. The molecular formula is C29H43N5O8.